The van der Waals surface area contributed by atoms with E-state index >= 15 is 0 Å². The molecule has 0 aromatic heterocycles. The van der Waals surface area contributed by atoms with Crippen LogP contribution in [0, 0.1) is 12.7 Å². The van der Waals surface area contributed by atoms with Gasteiger partial charge in [-0.1, -0.05) is 6.07 Å². The monoisotopic (exact) mass is 273 g/mol. The number of nitrogens with one attached hydrogen (secondary N) is 1. The molecular weight excluding hydrogens is 257 g/mol. The van der Waals surface area contributed by atoms with Gasteiger partial charge in [-0.15, -0.1) is 0 Å². The molecule has 3 N–H and O–H groups in total. The number of halogens is 1. The van der Waals surface area contributed by atoms with Crippen molar-refractivity contribution in [3.8, 4) is 0 Å². The van der Waals surface area contributed by atoms with Crippen LogP contribution in [0.3, 0.4) is 0 Å². The van der Waals surface area contributed by atoms with Crippen molar-refractivity contribution in [2.75, 3.05) is 17.4 Å². The third kappa shape index (κ3) is 2.78. The number of hydrogen-bond acceptors (Lipinski definition) is 3. The molecule has 5 heteroatoms. The molecule has 0 spiro atoms. The second kappa shape index (κ2) is 5.71. The van der Waals surface area contributed by atoms with Crippen LogP contribution >= 0.6 is 0 Å². The molecule has 2 aromatic rings. The Bertz CT molecular complexity index is 643. The summed E-state index contributed by atoms with van der Waals surface area (Å²) >= 11 is 0. The molecule has 0 atom stereocenters. The maximum Gasteiger partial charge on any atom is 0.258 e. The van der Waals surface area contributed by atoms with Gasteiger partial charge in [-0.3, -0.25) is 10.6 Å². The molecule has 0 heterocycles. The molecule has 0 saturated heterocycles. The minimum atomic E-state index is -0.374. The summed E-state index contributed by atoms with van der Waals surface area (Å²) in [5.74, 6) is 4.78. The van der Waals surface area contributed by atoms with Crippen molar-refractivity contribution in [3.05, 3.63) is 59.4 Å². The van der Waals surface area contributed by atoms with E-state index in [0.29, 0.717) is 11.3 Å². The van der Waals surface area contributed by atoms with E-state index in [1.165, 1.54) is 17.0 Å². The average Bonchev–Trinajstić information content (AvgIpc) is 2.45. The minimum Gasteiger partial charge on any atom is -0.324 e. The Balaban J connectivity index is 2.29. The van der Waals surface area contributed by atoms with Gasteiger partial charge in [0.15, 0.2) is 0 Å². The molecule has 2 aromatic carbocycles. The van der Waals surface area contributed by atoms with Crippen molar-refractivity contribution < 1.29 is 9.18 Å². The van der Waals surface area contributed by atoms with Crippen molar-refractivity contribution in [1.29, 1.82) is 0 Å². The summed E-state index contributed by atoms with van der Waals surface area (Å²) in [5, 5.41) is 0. The first-order valence-corrected chi connectivity index (χ1v) is 6.14. The van der Waals surface area contributed by atoms with E-state index in [9.17, 15) is 9.18 Å². The van der Waals surface area contributed by atoms with Gasteiger partial charge in [0.2, 0.25) is 0 Å². The molecule has 0 unspecified atom stereocenters. The van der Waals surface area contributed by atoms with E-state index in [1.54, 1.807) is 37.4 Å². The van der Waals surface area contributed by atoms with E-state index in [2.05, 4.69) is 5.43 Å². The molecule has 4 nitrogen and oxygen atoms in total. The van der Waals surface area contributed by atoms with Gasteiger partial charge in [-0.05, 0) is 48.9 Å². The van der Waals surface area contributed by atoms with Crippen LogP contribution in [0.25, 0.3) is 0 Å². The van der Waals surface area contributed by atoms with Crippen LogP contribution in [-0.4, -0.2) is 13.0 Å². The zero-order valence-corrected chi connectivity index (χ0v) is 11.4. The second-order valence-electron chi connectivity index (χ2n) is 4.52. The van der Waals surface area contributed by atoms with Gasteiger partial charge in [0.25, 0.3) is 5.91 Å². The minimum absolute atomic E-state index is 0.206. The zero-order chi connectivity index (χ0) is 14.7. The van der Waals surface area contributed by atoms with Gasteiger partial charge in [0, 0.05) is 18.3 Å². The van der Waals surface area contributed by atoms with Crippen LogP contribution in [0.5, 0.6) is 0 Å². The highest BCUT2D eigenvalue weighted by Crippen LogP contribution is 2.20. The maximum absolute atomic E-state index is 13.2. The van der Waals surface area contributed by atoms with Gasteiger partial charge >= 0.3 is 0 Å². The topological polar surface area (TPSA) is 58.4 Å². The summed E-state index contributed by atoms with van der Waals surface area (Å²) in [6, 6.07) is 11.1. The Morgan fingerprint density at radius 3 is 2.60 bits per heavy atom. The number of aryl methyl sites for hydroxylation is 1. The molecule has 1 amide bonds. The molecule has 0 aliphatic rings. The van der Waals surface area contributed by atoms with Crippen molar-refractivity contribution in [3.63, 3.8) is 0 Å². The average molecular weight is 273 g/mol. The number of hydrogen-bond donors (Lipinski definition) is 2. The highest BCUT2D eigenvalue weighted by molar-refractivity contribution is 6.06. The van der Waals surface area contributed by atoms with Crippen molar-refractivity contribution in [2.45, 2.75) is 6.92 Å². The molecule has 20 heavy (non-hydrogen) atoms. The normalized spacial score (nSPS) is 10.2. The van der Waals surface area contributed by atoms with Gasteiger partial charge in [0.1, 0.15) is 5.82 Å². The molecule has 0 saturated carbocycles. The second-order valence-corrected chi connectivity index (χ2v) is 4.52. The third-order valence-corrected chi connectivity index (χ3v) is 3.13. The lowest BCUT2D eigenvalue weighted by Crippen LogP contribution is -2.26. The molecule has 0 fully saturated rings. The lowest BCUT2D eigenvalue weighted by Gasteiger charge is -2.18. The number of rotatable bonds is 3. The third-order valence-electron chi connectivity index (χ3n) is 3.13. The first-order chi connectivity index (χ1) is 9.52. The van der Waals surface area contributed by atoms with E-state index in [1.807, 2.05) is 6.92 Å². The van der Waals surface area contributed by atoms with Crippen LogP contribution in [-0.2, 0) is 0 Å². The number of carbonyl (C=O) groups is 1. The molecule has 2 rings (SSSR count). The van der Waals surface area contributed by atoms with Crippen LogP contribution in [0.15, 0.2) is 42.5 Å². The molecule has 0 aliphatic heterocycles. The fraction of sp³-hybridized carbons (Fsp3) is 0.133. The number of nitrogens with zero attached hydrogens (tertiary/aromatic N) is 1. The summed E-state index contributed by atoms with van der Waals surface area (Å²) < 4.78 is 13.2. The van der Waals surface area contributed by atoms with Gasteiger partial charge in [-0.2, -0.15) is 0 Å². The molecule has 0 radical (unpaired) electrons. The Kier molecular flexibility index (Phi) is 4.00. The number of nitrogen functional groups attached to an aromatic ring is 1. The van der Waals surface area contributed by atoms with Crippen LogP contribution in [0.2, 0.25) is 0 Å². The van der Waals surface area contributed by atoms with Crippen LogP contribution < -0.4 is 16.2 Å². The largest absolute Gasteiger partial charge is 0.324 e. The Hall–Kier alpha value is -2.40. The van der Waals surface area contributed by atoms with Crippen LogP contribution in [0.4, 0.5) is 15.8 Å². The fourth-order valence-corrected chi connectivity index (χ4v) is 1.95. The van der Waals surface area contributed by atoms with E-state index in [0.717, 1.165) is 11.3 Å². The number of carbonyl (C=O) groups excluding carboxylic acids is 1. The van der Waals surface area contributed by atoms with Gasteiger partial charge in [0.05, 0.1) is 5.69 Å². The number of nitrogens with two attached hydrogens (primary N) is 1. The Labute approximate surface area is 117 Å². The van der Waals surface area contributed by atoms with Crippen LogP contribution in [0.1, 0.15) is 15.9 Å². The molecular formula is C15H16FN3O. The highest BCUT2D eigenvalue weighted by atomic mass is 19.1. The number of benzene rings is 2. The Morgan fingerprint density at radius 1 is 1.25 bits per heavy atom. The molecule has 0 aliphatic carbocycles. The number of amides is 1. The SMILES string of the molecule is Cc1cc(C(=O)N(C)c2cccc(F)c2)ccc1NN. The molecule has 0 bridgehead atoms. The Morgan fingerprint density at radius 2 is 2.00 bits per heavy atom. The van der Waals surface area contributed by atoms with E-state index in [-0.39, 0.29) is 11.7 Å². The summed E-state index contributed by atoms with van der Waals surface area (Å²) in [5.41, 5.74) is 5.21. The summed E-state index contributed by atoms with van der Waals surface area (Å²) in [6.07, 6.45) is 0. The zero-order valence-electron chi connectivity index (χ0n) is 11.4. The van der Waals surface area contributed by atoms with E-state index < -0.39 is 0 Å². The first-order valence-electron chi connectivity index (χ1n) is 6.14. The summed E-state index contributed by atoms with van der Waals surface area (Å²) in [6.45, 7) is 1.86. The number of hydrazine groups is 1. The van der Waals surface area contributed by atoms with Crippen molar-refractivity contribution >= 4 is 17.3 Å². The summed E-state index contributed by atoms with van der Waals surface area (Å²) in [4.78, 5) is 13.8. The smallest absolute Gasteiger partial charge is 0.258 e. The molecule has 104 valence electrons. The van der Waals surface area contributed by atoms with Crippen molar-refractivity contribution in [1.82, 2.24) is 0 Å². The standard InChI is InChI=1S/C15H16FN3O/c1-10-8-11(6-7-14(10)18-17)15(20)19(2)13-5-3-4-12(16)9-13/h3-9,18H,17H2,1-2H3. The van der Waals surface area contributed by atoms with E-state index in [4.69, 9.17) is 5.84 Å². The highest BCUT2D eigenvalue weighted by Gasteiger charge is 2.14. The maximum atomic E-state index is 13.2. The lowest BCUT2D eigenvalue weighted by atomic mass is 10.1. The number of anilines is 2. The van der Waals surface area contributed by atoms with Gasteiger partial charge < -0.3 is 10.3 Å². The van der Waals surface area contributed by atoms with Gasteiger partial charge in [-0.25, -0.2) is 4.39 Å². The first kappa shape index (κ1) is 14.0. The lowest BCUT2D eigenvalue weighted by molar-refractivity contribution is 0.0993. The quantitative estimate of drug-likeness (QED) is 0.667. The fourth-order valence-electron chi connectivity index (χ4n) is 1.95. The predicted octanol–water partition coefficient (Wildman–Crippen LogP) is 2.70. The predicted molar refractivity (Wildman–Crippen MR) is 78.1 cm³/mol. The summed E-state index contributed by atoms with van der Waals surface area (Å²) in [7, 11) is 1.61. The van der Waals surface area contributed by atoms with Crippen molar-refractivity contribution in [2.24, 2.45) is 5.84 Å².